The lowest BCUT2D eigenvalue weighted by Crippen LogP contribution is -2.35. The molecule has 2 aromatic carbocycles. The zero-order valence-corrected chi connectivity index (χ0v) is 19.4. The Labute approximate surface area is 196 Å². The number of hydrazone groups is 1. The number of para-hydroxylation sites is 1. The lowest BCUT2D eigenvalue weighted by molar-refractivity contribution is -0.114. The number of hydrogen-bond acceptors (Lipinski definition) is 7. The average molecular weight is 465 g/mol. The van der Waals surface area contributed by atoms with Crippen molar-refractivity contribution in [2.24, 2.45) is 16.0 Å². The molecule has 0 atom stereocenters. The van der Waals surface area contributed by atoms with Crippen molar-refractivity contribution >= 4 is 39.8 Å². The number of fused-ring (bicyclic) bond motifs is 1. The fourth-order valence-electron chi connectivity index (χ4n) is 3.13. The van der Waals surface area contributed by atoms with Gasteiger partial charge in [-0.25, -0.2) is 0 Å². The number of amides is 1. The molecular formula is C24H24N4O4S. The van der Waals surface area contributed by atoms with Crippen LogP contribution in [0.1, 0.15) is 19.4 Å². The number of benzene rings is 2. The number of thioether (sulfide) groups is 1. The van der Waals surface area contributed by atoms with Gasteiger partial charge in [0.15, 0.2) is 17.3 Å². The Morgan fingerprint density at radius 2 is 1.85 bits per heavy atom. The molecule has 1 amide bonds. The average Bonchev–Trinajstić information content (AvgIpc) is 3.25. The van der Waals surface area contributed by atoms with Crippen molar-refractivity contribution in [3.63, 3.8) is 0 Å². The van der Waals surface area contributed by atoms with Crippen LogP contribution in [-0.2, 0) is 4.79 Å². The molecule has 170 valence electrons. The normalized spacial score (nSPS) is 16.6. The minimum Gasteiger partial charge on any atom is -0.493 e. The number of nitrogens with one attached hydrogen (secondary N) is 1. The quantitative estimate of drug-likeness (QED) is 0.459. The first-order valence-corrected chi connectivity index (χ1v) is 11.3. The van der Waals surface area contributed by atoms with Crippen LogP contribution in [0.25, 0.3) is 6.08 Å². The van der Waals surface area contributed by atoms with E-state index >= 15 is 0 Å². The summed E-state index contributed by atoms with van der Waals surface area (Å²) in [6, 6.07) is 14.8. The van der Waals surface area contributed by atoms with Crippen LogP contribution in [0.4, 0.5) is 0 Å². The third-order valence-electron chi connectivity index (χ3n) is 4.82. The lowest BCUT2D eigenvalue weighted by atomic mass is 10.1. The molecule has 0 aromatic heterocycles. The first kappa shape index (κ1) is 22.6. The fraction of sp³-hybridized carbons (Fsp3) is 0.250. The first-order chi connectivity index (χ1) is 16.0. The maximum absolute atomic E-state index is 12.6. The zero-order chi connectivity index (χ0) is 23.4. The Hall–Kier alpha value is -3.59. The van der Waals surface area contributed by atoms with E-state index < -0.39 is 5.91 Å². The van der Waals surface area contributed by atoms with Gasteiger partial charge < -0.3 is 14.2 Å². The summed E-state index contributed by atoms with van der Waals surface area (Å²) in [7, 11) is 1.55. The Morgan fingerprint density at radius 1 is 1.09 bits per heavy atom. The highest BCUT2D eigenvalue weighted by Gasteiger charge is 2.36. The molecule has 1 N–H and O–H groups in total. The summed E-state index contributed by atoms with van der Waals surface area (Å²) < 4.78 is 16.9. The van der Waals surface area contributed by atoms with Gasteiger partial charge in [0.05, 0.1) is 12.7 Å². The third kappa shape index (κ3) is 5.09. The standard InChI is InChI=1S/C24H24N4O4S/c1-15(2)23-27-28-21(25)18(22(29)26-24(28)33-23)13-16-9-10-19(20(14-16)30-3)32-12-11-31-17-7-5-4-6-8-17/h4-10,13-15,25H,11-12H2,1-3H3. The third-order valence-corrected chi connectivity index (χ3v) is 6.02. The van der Waals surface area contributed by atoms with Gasteiger partial charge in [0.2, 0.25) is 5.17 Å². The summed E-state index contributed by atoms with van der Waals surface area (Å²) in [4.78, 5) is 16.7. The molecule has 0 radical (unpaired) electrons. The Balaban J connectivity index is 1.46. The van der Waals surface area contributed by atoms with Crippen molar-refractivity contribution in [3.8, 4) is 17.2 Å². The van der Waals surface area contributed by atoms with Gasteiger partial charge in [-0.3, -0.25) is 10.2 Å². The van der Waals surface area contributed by atoms with Crippen molar-refractivity contribution in [1.29, 1.82) is 5.41 Å². The second-order valence-electron chi connectivity index (χ2n) is 7.53. The second kappa shape index (κ2) is 9.91. The van der Waals surface area contributed by atoms with Crippen molar-refractivity contribution in [2.75, 3.05) is 20.3 Å². The molecule has 0 fully saturated rings. The van der Waals surface area contributed by atoms with E-state index in [4.69, 9.17) is 19.6 Å². The molecule has 2 heterocycles. The van der Waals surface area contributed by atoms with Crippen LogP contribution < -0.4 is 14.2 Å². The molecule has 33 heavy (non-hydrogen) atoms. The van der Waals surface area contributed by atoms with Crippen molar-refractivity contribution < 1.29 is 19.0 Å². The van der Waals surface area contributed by atoms with E-state index in [9.17, 15) is 4.79 Å². The van der Waals surface area contributed by atoms with Gasteiger partial charge in [0, 0.05) is 5.92 Å². The topological polar surface area (TPSA) is 96.6 Å². The van der Waals surface area contributed by atoms with Gasteiger partial charge in [-0.1, -0.05) is 38.1 Å². The smallest absolute Gasteiger partial charge is 0.283 e. The number of aliphatic imine (C=N–C) groups is 1. The molecule has 2 aromatic rings. The highest BCUT2D eigenvalue weighted by molar-refractivity contribution is 8.27. The number of nitrogens with zero attached hydrogens (tertiary/aromatic N) is 3. The van der Waals surface area contributed by atoms with Crippen LogP contribution in [0.15, 0.2) is 64.2 Å². The number of rotatable bonds is 8. The number of amidine groups is 2. The van der Waals surface area contributed by atoms with Crippen molar-refractivity contribution in [3.05, 3.63) is 59.7 Å². The maximum Gasteiger partial charge on any atom is 0.283 e. The van der Waals surface area contributed by atoms with Crippen molar-refractivity contribution in [1.82, 2.24) is 5.01 Å². The summed E-state index contributed by atoms with van der Waals surface area (Å²) in [5, 5.41) is 15.6. The van der Waals surface area contributed by atoms with Crippen LogP contribution >= 0.6 is 11.8 Å². The molecule has 0 spiro atoms. The summed E-state index contributed by atoms with van der Waals surface area (Å²) in [5.41, 5.74) is 0.853. The van der Waals surface area contributed by atoms with E-state index in [1.807, 2.05) is 44.2 Å². The number of hydrogen-bond donors (Lipinski definition) is 1. The van der Waals surface area contributed by atoms with Gasteiger partial charge in [0.25, 0.3) is 5.91 Å². The van der Waals surface area contributed by atoms with Gasteiger partial charge in [-0.15, -0.1) is 0 Å². The van der Waals surface area contributed by atoms with Gasteiger partial charge in [-0.05, 0) is 47.7 Å². The predicted octanol–water partition coefficient (Wildman–Crippen LogP) is 4.43. The minimum atomic E-state index is -0.462. The molecule has 4 rings (SSSR count). The Bertz CT molecular complexity index is 1160. The maximum atomic E-state index is 12.6. The number of carbonyl (C=O) groups is 1. The van der Waals surface area contributed by atoms with Gasteiger partial charge in [-0.2, -0.15) is 15.1 Å². The van der Waals surface area contributed by atoms with E-state index in [1.165, 1.54) is 16.8 Å². The van der Waals surface area contributed by atoms with E-state index in [0.29, 0.717) is 35.4 Å². The molecule has 0 aliphatic carbocycles. The van der Waals surface area contributed by atoms with E-state index in [-0.39, 0.29) is 17.3 Å². The van der Waals surface area contributed by atoms with Crippen LogP contribution in [0.3, 0.4) is 0 Å². The summed E-state index contributed by atoms with van der Waals surface area (Å²) in [6.45, 7) is 4.75. The molecular weight excluding hydrogens is 440 g/mol. The van der Waals surface area contributed by atoms with Gasteiger partial charge >= 0.3 is 0 Å². The molecule has 0 saturated heterocycles. The summed E-state index contributed by atoms with van der Waals surface area (Å²) in [6.07, 6.45) is 1.61. The Kier molecular flexibility index (Phi) is 6.79. The van der Waals surface area contributed by atoms with Crippen LogP contribution in [0.2, 0.25) is 0 Å². The molecule has 8 nitrogen and oxygen atoms in total. The van der Waals surface area contributed by atoms with Crippen molar-refractivity contribution in [2.45, 2.75) is 13.8 Å². The van der Waals surface area contributed by atoms with E-state index in [0.717, 1.165) is 10.8 Å². The molecule has 9 heteroatoms. The van der Waals surface area contributed by atoms with Crippen LogP contribution in [-0.4, -0.2) is 47.3 Å². The minimum absolute atomic E-state index is 0.00510. The monoisotopic (exact) mass is 464 g/mol. The SMILES string of the molecule is COc1cc(C=C2C(=N)N3N=C(C(C)C)SC3=NC2=O)ccc1OCCOc1ccccc1. The van der Waals surface area contributed by atoms with Gasteiger partial charge in [0.1, 0.15) is 24.0 Å². The molecule has 0 unspecified atom stereocenters. The predicted molar refractivity (Wildman–Crippen MR) is 130 cm³/mol. The number of carbonyl (C=O) groups excluding carboxylic acids is 1. The molecule has 2 aliphatic rings. The van der Waals surface area contributed by atoms with E-state index in [1.54, 1.807) is 31.4 Å². The Morgan fingerprint density at radius 3 is 2.58 bits per heavy atom. The molecule has 0 bridgehead atoms. The first-order valence-electron chi connectivity index (χ1n) is 10.4. The zero-order valence-electron chi connectivity index (χ0n) is 18.6. The summed E-state index contributed by atoms with van der Waals surface area (Å²) >= 11 is 1.32. The largest absolute Gasteiger partial charge is 0.493 e. The summed E-state index contributed by atoms with van der Waals surface area (Å²) in [5.74, 6) is 1.58. The second-order valence-corrected chi connectivity index (χ2v) is 8.52. The highest BCUT2D eigenvalue weighted by Crippen LogP contribution is 2.32. The number of ether oxygens (including phenoxy) is 3. The number of methoxy groups -OCH3 is 1. The molecule has 0 saturated carbocycles. The van der Waals surface area contributed by atoms with E-state index in [2.05, 4.69) is 10.1 Å². The lowest BCUT2D eigenvalue weighted by Gasteiger charge is -2.20. The molecule has 2 aliphatic heterocycles. The highest BCUT2D eigenvalue weighted by atomic mass is 32.2. The van der Waals surface area contributed by atoms with Crippen LogP contribution in [0.5, 0.6) is 17.2 Å². The van der Waals surface area contributed by atoms with Crippen LogP contribution in [0, 0.1) is 11.3 Å². The fourth-order valence-corrected chi connectivity index (χ4v) is 4.02.